The van der Waals surface area contributed by atoms with E-state index in [-0.39, 0.29) is 5.91 Å². The highest BCUT2D eigenvalue weighted by molar-refractivity contribution is 5.99. The number of carbonyl (C=O) groups is 1. The number of hydrogen-bond acceptors (Lipinski definition) is 5. The Kier molecular flexibility index (Phi) is 3.19. The lowest BCUT2D eigenvalue weighted by atomic mass is 9.94. The predicted octanol–water partition coefficient (Wildman–Crippen LogP) is 2.76. The van der Waals surface area contributed by atoms with Gasteiger partial charge >= 0.3 is 0 Å². The fourth-order valence-electron chi connectivity index (χ4n) is 3.62. The molecule has 7 heteroatoms. The van der Waals surface area contributed by atoms with Crippen LogP contribution in [0.3, 0.4) is 0 Å². The van der Waals surface area contributed by atoms with Gasteiger partial charge in [-0.15, -0.1) is 0 Å². The summed E-state index contributed by atoms with van der Waals surface area (Å²) in [6, 6.07) is 1.85. The van der Waals surface area contributed by atoms with Gasteiger partial charge in [0.1, 0.15) is 0 Å². The first-order valence-electron chi connectivity index (χ1n) is 8.78. The molecular weight excluding hydrogens is 328 g/mol. The van der Waals surface area contributed by atoms with Gasteiger partial charge in [0.15, 0.2) is 0 Å². The largest absolute Gasteiger partial charge is 0.274 e. The van der Waals surface area contributed by atoms with E-state index in [1.54, 1.807) is 28.0 Å². The number of allylic oxidation sites excluding steroid dienone is 2. The van der Waals surface area contributed by atoms with E-state index in [9.17, 15) is 4.79 Å². The van der Waals surface area contributed by atoms with E-state index < -0.39 is 0 Å². The quantitative estimate of drug-likeness (QED) is 0.729. The molecule has 0 unspecified atom stereocenters. The first-order valence-corrected chi connectivity index (χ1v) is 8.78. The zero-order valence-corrected chi connectivity index (χ0v) is 14.7. The number of rotatable bonds is 3. The maximum atomic E-state index is 12.8. The second-order valence-electron chi connectivity index (χ2n) is 7.04. The highest BCUT2D eigenvalue weighted by Gasteiger charge is 2.37. The van der Waals surface area contributed by atoms with Crippen LogP contribution >= 0.6 is 0 Å². The third-order valence-corrected chi connectivity index (χ3v) is 5.05. The number of hydrogen-bond donors (Lipinski definition) is 0. The van der Waals surface area contributed by atoms with E-state index in [0.29, 0.717) is 11.9 Å². The fraction of sp³-hybridized carbons (Fsp3) is 0.316. The summed E-state index contributed by atoms with van der Waals surface area (Å²) < 4.78 is 3.21. The third-order valence-electron chi connectivity index (χ3n) is 5.05. The van der Waals surface area contributed by atoms with Crippen molar-refractivity contribution in [1.82, 2.24) is 29.5 Å². The van der Waals surface area contributed by atoms with Gasteiger partial charge in [-0.05, 0) is 38.7 Å². The Bertz CT molecular complexity index is 1070. The molecule has 0 radical (unpaired) electrons. The molecule has 7 nitrogen and oxygen atoms in total. The Morgan fingerprint density at radius 3 is 2.77 bits per heavy atom. The van der Waals surface area contributed by atoms with Crippen LogP contribution in [0.1, 0.15) is 35.9 Å². The molecule has 1 aliphatic carbocycles. The average molecular weight is 346 g/mol. The molecule has 26 heavy (non-hydrogen) atoms. The molecule has 0 amide bonds. The molecule has 130 valence electrons. The van der Waals surface area contributed by atoms with Crippen LogP contribution in [-0.4, -0.2) is 35.4 Å². The molecule has 2 aliphatic rings. The monoisotopic (exact) mass is 346 g/mol. The topological polar surface area (TPSA) is 78.5 Å². The minimum Gasteiger partial charge on any atom is -0.267 e. The van der Waals surface area contributed by atoms with Crippen molar-refractivity contribution in [1.29, 1.82) is 0 Å². The SMILES string of the molecule is CC1=C(C2CC2)C(=O)n2ncc(-c3cnn(-c4nccc(C)n4)c3)c2C1. The van der Waals surface area contributed by atoms with Gasteiger partial charge in [0.25, 0.3) is 11.9 Å². The van der Waals surface area contributed by atoms with Crippen molar-refractivity contribution in [2.45, 2.75) is 33.1 Å². The third kappa shape index (κ3) is 2.31. The Hall–Kier alpha value is -3.09. The standard InChI is InChI=1S/C19H18N6O/c1-11-7-16-15(9-22-25(16)18(26)17(11)13-3-4-13)14-8-21-24(10-14)19-20-6-5-12(2)23-19/h5-6,8-10,13H,3-4,7H2,1-2H3. The fourth-order valence-corrected chi connectivity index (χ4v) is 3.62. The Morgan fingerprint density at radius 2 is 2.00 bits per heavy atom. The van der Waals surface area contributed by atoms with Crippen molar-refractivity contribution >= 4 is 5.91 Å². The van der Waals surface area contributed by atoms with Crippen LogP contribution in [-0.2, 0) is 6.42 Å². The number of carbonyl (C=O) groups excluding carboxylic acids is 1. The summed E-state index contributed by atoms with van der Waals surface area (Å²) in [6.07, 6.45) is 10.1. The normalized spacial score (nSPS) is 16.9. The van der Waals surface area contributed by atoms with Crippen molar-refractivity contribution in [2.24, 2.45) is 5.92 Å². The van der Waals surface area contributed by atoms with Crippen LogP contribution in [0.2, 0.25) is 0 Å². The highest BCUT2D eigenvalue weighted by Crippen LogP contribution is 2.42. The second kappa shape index (κ2) is 5.45. The van der Waals surface area contributed by atoms with E-state index in [1.807, 2.05) is 19.2 Å². The maximum Gasteiger partial charge on any atom is 0.274 e. The molecule has 0 atom stereocenters. The minimum absolute atomic E-state index is 0.0342. The van der Waals surface area contributed by atoms with Crippen LogP contribution in [0, 0.1) is 12.8 Å². The molecule has 1 aliphatic heterocycles. The zero-order valence-electron chi connectivity index (χ0n) is 14.7. The Balaban J connectivity index is 1.53. The van der Waals surface area contributed by atoms with Gasteiger partial charge in [0.05, 0.1) is 18.1 Å². The zero-order chi connectivity index (χ0) is 17.8. The van der Waals surface area contributed by atoms with Gasteiger partial charge in [-0.3, -0.25) is 4.79 Å². The van der Waals surface area contributed by atoms with Crippen LogP contribution in [0.5, 0.6) is 0 Å². The van der Waals surface area contributed by atoms with Gasteiger partial charge in [-0.1, -0.05) is 5.57 Å². The predicted molar refractivity (Wildman–Crippen MR) is 94.9 cm³/mol. The number of nitrogens with zero attached hydrogens (tertiary/aromatic N) is 6. The van der Waals surface area contributed by atoms with E-state index in [4.69, 9.17) is 0 Å². The van der Waals surface area contributed by atoms with Gasteiger partial charge in [-0.25, -0.2) is 19.3 Å². The van der Waals surface area contributed by atoms with Crippen LogP contribution in [0.4, 0.5) is 0 Å². The molecule has 1 saturated carbocycles. The van der Waals surface area contributed by atoms with Crippen molar-refractivity contribution in [3.63, 3.8) is 0 Å². The summed E-state index contributed by atoms with van der Waals surface area (Å²) >= 11 is 0. The Morgan fingerprint density at radius 1 is 1.15 bits per heavy atom. The molecule has 3 aromatic heterocycles. The van der Waals surface area contributed by atoms with Gasteiger partial charge in [0.2, 0.25) is 0 Å². The second-order valence-corrected chi connectivity index (χ2v) is 7.04. The number of aryl methyl sites for hydroxylation is 1. The molecule has 0 N–H and O–H groups in total. The van der Waals surface area contributed by atoms with E-state index >= 15 is 0 Å². The highest BCUT2D eigenvalue weighted by atomic mass is 16.2. The molecule has 1 fully saturated rings. The van der Waals surface area contributed by atoms with Crippen molar-refractivity contribution in [3.05, 3.63) is 53.4 Å². The lowest BCUT2D eigenvalue weighted by Crippen LogP contribution is -2.25. The number of aromatic nitrogens is 6. The molecule has 0 saturated heterocycles. The van der Waals surface area contributed by atoms with Crippen LogP contribution < -0.4 is 0 Å². The summed E-state index contributed by atoms with van der Waals surface area (Å²) in [4.78, 5) is 21.5. The summed E-state index contributed by atoms with van der Waals surface area (Å²) in [7, 11) is 0. The van der Waals surface area contributed by atoms with E-state index in [1.165, 1.54) is 5.57 Å². The lowest BCUT2D eigenvalue weighted by molar-refractivity contribution is 0.0924. The number of fused-ring (bicyclic) bond motifs is 1. The smallest absolute Gasteiger partial charge is 0.267 e. The molecule has 5 rings (SSSR count). The van der Waals surface area contributed by atoms with Gasteiger partial charge < -0.3 is 0 Å². The summed E-state index contributed by atoms with van der Waals surface area (Å²) in [5.41, 5.74) is 5.80. The summed E-state index contributed by atoms with van der Waals surface area (Å²) in [5, 5.41) is 8.75. The van der Waals surface area contributed by atoms with Gasteiger partial charge in [0, 0.05) is 41.2 Å². The van der Waals surface area contributed by atoms with Crippen LogP contribution in [0.15, 0.2) is 42.0 Å². The first-order chi connectivity index (χ1) is 12.6. The molecule has 4 heterocycles. The van der Waals surface area contributed by atoms with E-state index in [2.05, 4.69) is 27.1 Å². The van der Waals surface area contributed by atoms with E-state index in [0.717, 1.165) is 47.4 Å². The molecule has 0 bridgehead atoms. The van der Waals surface area contributed by atoms with Crippen molar-refractivity contribution in [2.75, 3.05) is 0 Å². The van der Waals surface area contributed by atoms with Crippen LogP contribution in [0.25, 0.3) is 17.1 Å². The summed E-state index contributed by atoms with van der Waals surface area (Å²) in [5.74, 6) is 0.997. The van der Waals surface area contributed by atoms with Crippen molar-refractivity contribution < 1.29 is 4.79 Å². The molecule has 3 aromatic rings. The summed E-state index contributed by atoms with van der Waals surface area (Å²) in [6.45, 7) is 3.98. The molecule has 0 aromatic carbocycles. The minimum atomic E-state index is 0.0342. The maximum absolute atomic E-state index is 12.8. The van der Waals surface area contributed by atoms with Crippen molar-refractivity contribution in [3.8, 4) is 17.1 Å². The lowest BCUT2D eigenvalue weighted by Gasteiger charge is -2.19. The molecule has 0 spiro atoms. The average Bonchev–Trinajstić information content (AvgIpc) is 3.17. The Labute approximate surface area is 150 Å². The van der Waals surface area contributed by atoms with Gasteiger partial charge in [-0.2, -0.15) is 10.2 Å². The molecular formula is C19H18N6O. The first kappa shape index (κ1) is 15.2.